The molecule has 0 bridgehead atoms. The van der Waals surface area contributed by atoms with Gasteiger partial charge >= 0.3 is 0 Å². The van der Waals surface area contributed by atoms with Gasteiger partial charge in [-0.05, 0) is 44.4 Å². The number of carbonyl (C=O) groups excluding carboxylic acids is 1. The van der Waals surface area contributed by atoms with Crippen molar-refractivity contribution in [3.63, 3.8) is 0 Å². The Bertz CT molecular complexity index is 711. The van der Waals surface area contributed by atoms with E-state index in [1.807, 2.05) is 43.0 Å². The Balaban J connectivity index is 0.00000243. The van der Waals surface area contributed by atoms with Gasteiger partial charge in [-0.2, -0.15) is 0 Å². The monoisotopic (exact) mass is 379 g/mol. The first-order valence-electron chi connectivity index (χ1n) is 8.71. The summed E-state index contributed by atoms with van der Waals surface area (Å²) in [5, 5.41) is 3.92. The summed E-state index contributed by atoms with van der Waals surface area (Å²) in [6.07, 6.45) is 2.46. The maximum absolute atomic E-state index is 12.4. The molecule has 0 radical (unpaired) electrons. The molecule has 1 fully saturated rings. The van der Waals surface area contributed by atoms with Crippen LogP contribution in [-0.2, 0) is 17.8 Å². The number of carbonyl (C=O) groups is 1. The number of rotatable bonds is 6. The zero-order valence-corrected chi connectivity index (χ0v) is 16.1. The van der Waals surface area contributed by atoms with Crippen molar-refractivity contribution < 1.29 is 14.1 Å². The summed E-state index contributed by atoms with van der Waals surface area (Å²) in [4.78, 5) is 14.4. The van der Waals surface area contributed by atoms with E-state index in [4.69, 9.17) is 15.0 Å². The molecule has 1 aliphatic rings. The minimum absolute atomic E-state index is 0. The summed E-state index contributed by atoms with van der Waals surface area (Å²) < 4.78 is 10.9. The third kappa shape index (κ3) is 4.56. The highest BCUT2D eigenvalue weighted by Gasteiger charge is 2.27. The summed E-state index contributed by atoms with van der Waals surface area (Å²) in [6, 6.07) is 7.86. The van der Waals surface area contributed by atoms with Crippen molar-refractivity contribution >= 4 is 18.3 Å². The lowest BCUT2D eigenvalue weighted by atomic mass is 10.1. The number of amides is 1. The second kappa shape index (κ2) is 9.05. The molecule has 0 aliphatic carbocycles. The summed E-state index contributed by atoms with van der Waals surface area (Å²) >= 11 is 0. The molecular weight excluding hydrogens is 354 g/mol. The molecule has 0 spiro atoms. The van der Waals surface area contributed by atoms with E-state index >= 15 is 0 Å². The first-order chi connectivity index (χ1) is 12.1. The van der Waals surface area contributed by atoms with Gasteiger partial charge in [0.25, 0.3) is 0 Å². The standard InChI is InChI=1S/C19H25N3O3.ClH/c1-13-18(14(2)25-21-13)12-24-17-7-5-15(6-8-17)10-19(23)22-9-3-4-16(22)11-20;/h5-8,16H,3-4,9-12,20H2,1-2H3;1H. The van der Waals surface area contributed by atoms with Gasteiger partial charge in [0.15, 0.2) is 0 Å². The van der Waals surface area contributed by atoms with Crippen molar-refractivity contribution in [2.45, 2.75) is 45.8 Å². The first-order valence-corrected chi connectivity index (χ1v) is 8.71. The molecular formula is C19H26ClN3O3. The van der Waals surface area contributed by atoms with Gasteiger partial charge in [0.2, 0.25) is 5.91 Å². The van der Waals surface area contributed by atoms with Crippen LogP contribution < -0.4 is 10.5 Å². The fourth-order valence-corrected chi connectivity index (χ4v) is 3.25. The van der Waals surface area contributed by atoms with Crippen LogP contribution in [0.25, 0.3) is 0 Å². The number of likely N-dealkylation sites (tertiary alicyclic amines) is 1. The van der Waals surface area contributed by atoms with E-state index < -0.39 is 0 Å². The molecule has 6 nitrogen and oxygen atoms in total. The van der Waals surface area contributed by atoms with Gasteiger partial charge in [-0.25, -0.2) is 0 Å². The molecule has 2 aromatic rings. The summed E-state index contributed by atoms with van der Waals surface area (Å²) in [6.45, 7) is 5.56. The third-order valence-electron chi connectivity index (χ3n) is 4.81. The molecule has 1 unspecified atom stereocenters. The van der Waals surface area contributed by atoms with E-state index in [-0.39, 0.29) is 24.4 Å². The molecule has 2 N–H and O–H groups in total. The number of ether oxygens (including phenoxy) is 1. The average Bonchev–Trinajstić information content (AvgIpc) is 3.21. The van der Waals surface area contributed by atoms with Crippen molar-refractivity contribution in [3.05, 3.63) is 46.8 Å². The first kappa shape index (κ1) is 20.3. The quantitative estimate of drug-likeness (QED) is 0.834. The lowest BCUT2D eigenvalue weighted by molar-refractivity contribution is -0.131. The minimum atomic E-state index is 0. The lowest BCUT2D eigenvalue weighted by Gasteiger charge is -2.23. The van der Waals surface area contributed by atoms with Crippen LogP contribution >= 0.6 is 12.4 Å². The van der Waals surface area contributed by atoms with Gasteiger partial charge in [-0.3, -0.25) is 4.79 Å². The van der Waals surface area contributed by atoms with Crippen LogP contribution in [0.1, 0.15) is 35.4 Å². The van der Waals surface area contributed by atoms with Gasteiger partial charge in [0, 0.05) is 19.1 Å². The number of aryl methyl sites for hydroxylation is 2. The fourth-order valence-electron chi connectivity index (χ4n) is 3.25. The van der Waals surface area contributed by atoms with Gasteiger partial charge in [-0.1, -0.05) is 17.3 Å². The highest BCUT2D eigenvalue weighted by molar-refractivity contribution is 5.85. The Morgan fingerprint density at radius 2 is 2.08 bits per heavy atom. The van der Waals surface area contributed by atoms with Crippen LogP contribution in [0, 0.1) is 13.8 Å². The summed E-state index contributed by atoms with van der Waals surface area (Å²) in [7, 11) is 0. The van der Waals surface area contributed by atoms with E-state index in [0.717, 1.165) is 47.7 Å². The lowest BCUT2D eigenvalue weighted by Crippen LogP contribution is -2.40. The zero-order valence-electron chi connectivity index (χ0n) is 15.2. The Kier molecular flexibility index (Phi) is 7.06. The number of nitrogens with zero attached hydrogens (tertiary/aromatic N) is 2. The van der Waals surface area contributed by atoms with Crippen molar-refractivity contribution in [3.8, 4) is 5.75 Å². The molecule has 1 amide bonds. The SMILES string of the molecule is Cc1noc(C)c1COc1ccc(CC(=O)N2CCCC2CN)cc1.Cl. The minimum Gasteiger partial charge on any atom is -0.489 e. The summed E-state index contributed by atoms with van der Waals surface area (Å²) in [5.41, 5.74) is 8.55. The predicted molar refractivity (Wildman–Crippen MR) is 101 cm³/mol. The maximum atomic E-state index is 12.4. The smallest absolute Gasteiger partial charge is 0.227 e. The van der Waals surface area contributed by atoms with Crippen LogP contribution in [-0.4, -0.2) is 35.1 Å². The Morgan fingerprint density at radius 1 is 1.35 bits per heavy atom. The highest BCUT2D eigenvalue weighted by Crippen LogP contribution is 2.20. The van der Waals surface area contributed by atoms with Crippen LogP contribution in [0.15, 0.2) is 28.8 Å². The van der Waals surface area contributed by atoms with E-state index in [1.54, 1.807) is 0 Å². The molecule has 1 aliphatic heterocycles. The van der Waals surface area contributed by atoms with Crippen molar-refractivity contribution in [1.29, 1.82) is 0 Å². The molecule has 2 heterocycles. The van der Waals surface area contributed by atoms with Crippen LogP contribution in [0.2, 0.25) is 0 Å². The molecule has 1 aromatic carbocycles. The maximum Gasteiger partial charge on any atom is 0.227 e. The van der Waals surface area contributed by atoms with Crippen LogP contribution in [0.4, 0.5) is 0 Å². The van der Waals surface area contributed by atoms with Crippen molar-refractivity contribution in [1.82, 2.24) is 10.1 Å². The Morgan fingerprint density at radius 3 is 2.69 bits per heavy atom. The predicted octanol–water partition coefficient (Wildman–Crippen LogP) is 2.78. The van der Waals surface area contributed by atoms with Crippen molar-refractivity contribution in [2.24, 2.45) is 5.73 Å². The number of hydrogen-bond acceptors (Lipinski definition) is 5. The largest absolute Gasteiger partial charge is 0.489 e. The summed E-state index contributed by atoms with van der Waals surface area (Å²) in [5.74, 6) is 1.69. The topological polar surface area (TPSA) is 81.6 Å². The van der Waals surface area contributed by atoms with Gasteiger partial charge < -0.3 is 19.9 Å². The van der Waals surface area contributed by atoms with Crippen LogP contribution in [0.3, 0.4) is 0 Å². The average molecular weight is 380 g/mol. The molecule has 142 valence electrons. The Labute approximate surface area is 160 Å². The fraction of sp³-hybridized carbons (Fsp3) is 0.474. The van der Waals surface area contributed by atoms with Crippen LogP contribution in [0.5, 0.6) is 5.75 Å². The van der Waals surface area contributed by atoms with Gasteiger partial charge in [-0.15, -0.1) is 12.4 Å². The number of halogens is 1. The normalized spacial score (nSPS) is 16.4. The van der Waals surface area contributed by atoms with Gasteiger partial charge in [0.1, 0.15) is 18.1 Å². The van der Waals surface area contributed by atoms with Crippen molar-refractivity contribution in [2.75, 3.05) is 13.1 Å². The third-order valence-corrected chi connectivity index (χ3v) is 4.81. The highest BCUT2D eigenvalue weighted by atomic mass is 35.5. The number of nitrogens with two attached hydrogens (primary N) is 1. The van der Waals surface area contributed by atoms with E-state index in [9.17, 15) is 4.79 Å². The van der Waals surface area contributed by atoms with E-state index in [1.165, 1.54) is 0 Å². The number of hydrogen-bond donors (Lipinski definition) is 1. The zero-order chi connectivity index (χ0) is 17.8. The number of benzene rings is 1. The Hall–Kier alpha value is -2.05. The molecule has 3 rings (SSSR count). The van der Waals surface area contributed by atoms with E-state index in [2.05, 4.69) is 5.16 Å². The molecule has 1 atom stereocenters. The molecule has 26 heavy (non-hydrogen) atoms. The van der Waals surface area contributed by atoms with E-state index in [0.29, 0.717) is 19.6 Å². The van der Waals surface area contributed by atoms with Gasteiger partial charge in [0.05, 0.1) is 17.7 Å². The second-order valence-corrected chi connectivity index (χ2v) is 6.53. The molecule has 1 saturated heterocycles. The molecule has 0 saturated carbocycles. The number of aromatic nitrogens is 1. The molecule has 1 aromatic heterocycles. The second-order valence-electron chi connectivity index (χ2n) is 6.53. The molecule has 7 heteroatoms.